The van der Waals surface area contributed by atoms with Crippen LogP contribution in [0, 0.1) is 5.82 Å². The zero-order chi connectivity index (χ0) is 13.3. The monoisotopic (exact) mass is 385 g/mol. The Hall–Kier alpha value is -0.960. The summed E-state index contributed by atoms with van der Waals surface area (Å²) in [4.78, 5) is 3.82. The summed E-state index contributed by atoms with van der Waals surface area (Å²) in [7, 11) is 0. The highest BCUT2D eigenvalue weighted by molar-refractivity contribution is 9.24. The second-order valence-electron chi connectivity index (χ2n) is 3.14. The van der Waals surface area contributed by atoms with Crippen molar-refractivity contribution in [3.05, 3.63) is 29.7 Å². The number of hydrogen-bond acceptors (Lipinski definition) is 4. The zero-order valence-electron chi connectivity index (χ0n) is 8.45. The van der Waals surface area contributed by atoms with Crippen molar-refractivity contribution < 1.29 is 17.6 Å². The molecule has 4 nitrogen and oxygen atoms in total. The first-order valence-corrected chi connectivity index (χ1v) is 6.37. The molecule has 0 saturated carbocycles. The molecule has 18 heavy (non-hydrogen) atoms. The number of nitrogens with zero attached hydrogens (tertiary/aromatic N) is 3. The molecule has 0 aliphatic carbocycles. The number of hydrogen-bond donors (Lipinski definition) is 0. The van der Waals surface area contributed by atoms with Crippen LogP contribution in [-0.2, 0) is 0 Å². The summed E-state index contributed by atoms with van der Waals surface area (Å²) in [5.74, 6) is -1.64. The van der Waals surface area contributed by atoms with Crippen molar-refractivity contribution in [3.63, 3.8) is 0 Å². The van der Waals surface area contributed by atoms with Gasteiger partial charge in [0.2, 0.25) is 5.89 Å². The summed E-state index contributed by atoms with van der Waals surface area (Å²) in [6.07, 6.45) is -1.60. The van der Waals surface area contributed by atoms with Crippen LogP contribution in [0.4, 0.5) is 13.2 Å². The van der Waals surface area contributed by atoms with E-state index >= 15 is 0 Å². The van der Waals surface area contributed by atoms with Crippen molar-refractivity contribution in [2.75, 3.05) is 0 Å². The lowest BCUT2D eigenvalue weighted by molar-refractivity contribution is 0.116. The van der Waals surface area contributed by atoms with Gasteiger partial charge in [0.1, 0.15) is 15.2 Å². The van der Waals surface area contributed by atoms with Gasteiger partial charge >= 0.3 is 6.43 Å². The molecule has 2 aromatic heterocycles. The smallest absolute Gasteiger partial charge is 0.314 e. The van der Waals surface area contributed by atoms with Gasteiger partial charge in [-0.05, 0) is 6.07 Å². The topological polar surface area (TPSA) is 51.8 Å². The molecule has 96 valence electrons. The fraction of sp³-hybridized carbons (Fsp3) is 0.222. The molecule has 0 radical (unpaired) electrons. The normalized spacial score (nSPS) is 11.5. The first-order valence-electron chi connectivity index (χ1n) is 4.54. The number of alkyl halides is 4. The number of pyridine rings is 1. The van der Waals surface area contributed by atoms with Gasteiger partial charge in [0, 0.05) is 6.20 Å². The van der Waals surface area contributed by atoms with E-state index in [9.17, 15) is 13.2 Å². The second kappa shape index (κ2) is 5.35. The molecule has 0 N–H and O–H groups in total. The molecule has 2 heterocycles. The summed E-state index contributed by atoms with van der Waals surface area (Å²) >= 11 is 6.20. The van der Waals surface area contributed by atoms with Crippen molar-refractivity contribution in [1.29, 1.82) is 0 Å². The van der Waals surface area contributed by atoms with Crippen LogP contribution in [0.2, 0.25) is 0 Å². The van der Waals surface area contributed by atoms with Gasteiger partial charge in [-0.3, -0.25) is 4.98 Å². The van der Waals surface area contributed by atoms with Crippen molar-refractivity contribution in [2.45, 2.75) is 10.2 Å². The van der Waals surface area contributed by atoms with E-state index in [0.717, 1.165) is 6.07 Å². The van der Waals surface area contributed by atoms with Crippen LogP contribution in [0.25, 0.3) is 11.5 Å². The molecule has 0 unspecified atom stereocenters. The molecule has 2 aromatic rings. The minimum Gasteiger partial charge on any atom is -0.415 e. The number of halogens is 5. The molecule has 0 atom stereocenters. The molecule has 0 aromatic carbocycles. The summed E-state index contributed by atoms with van der Waals surface area (Å²) in [5.41, 5.74) is 0.267. The Morgan fingerprint density at radius 1 is 1.22 bits per heavy atom. The van der Waals surface area contributed by atoms with E-state index in [4.69, 9.17) is 0 Å². The Bertz CT molecular complexity index is 562. The third kappa shape index (κ3) is 2.72. The molecule has 0 saturated heterocycles. The molecule has 0 amide bonds. The minimum atomic E-state index is -2.86. The van der Waals surface area contributed by atoms with Gasteiger partial charge in [-0.1, -0.05) is 31.9 Å². The zero-order valence-corrected chi connectivity index (χ0v) is 11.6. The predicted octanol–water partition coefficient (Wildman–Crippen LogP) is 4.00. The van der Waals surface area contributed by atoms with Crippen LogP contribution < -0.4 is 0 Å². The van der Waals surface area contributed by atoms with Crippen LogP contribution >= 0.6 is 31.9 Å². The molecule has 0 fully saturated rings. The highest BCUT2D eigenvalue weighted by Crippen LogP contribution is 2.31. The van der Waals surface area contributed by atoms with Crippen molar-refractivity contribution in [3.8, 4) is 11.5 Å². The van der Waals surface area contributed by atoms with Crippen LogP contribution in [0.3, 0.4) is 0 Å². The third-order valence-electron chi connectivity index (χ3n) is 1.95. The highest BCUT2D eigenvalue weighted by Gasteiger charge is 2.19. The van der Waals surface area contributed by atoms with Crippen LogP contribution in [0.1, 0.15) is 21.7 Å². The van der Waals surface area contributed by atoms with E-state index in [1.807, 2.05) is 0 Å². The van der Waals surface area contributed by atoms with Gasteiger partial charge < -0.3 is 4.42 Å². The van der Waals surface area contributed by atoms with E-state index in [0.29, 0.717) is 0 Å². The Morgan fingerprint density at radius 3 is 2.44 bits per heavy atom. The molecule has 9 heteroatoms. The average molecular weight is 387 g/mol. The molecular formula is C9H4Br2F3N3O. The van der Waals surface area contributed by atoms with Crippen molar-refractivity contribution in [2.24, 2.45) is 0 Å². The van der Waals surface area contributed by atoms with E-state index < -0.39 is 21.9 Å². The Morgan fingerprint density at radius 2 is 1.94 bits per heavy atom. The lowest BCUT2D eigenvalue weighted by Gasteiger charge is -2.03. The third-order valence-corrected chi connectivity index (χ3v) is 2.82. The lowest BCUT2D eigenvalue weighted by atomic mass is 10.2. The Kier molecular flexibility index (Phi) is 4.00. The largest absolute Gasteiger partial charge is 0.415 e. The van der Waals surface area contributed by atoms with Crippen molar-refractivity contribution >= 4 is 31.9 Å². The van der Waals surface area contributed by atoms with E-state index in [1.165, 1.54) is 6.20 Å². The Balaban J connectivity index is 2.36. The maximum absolute atomic E-state index is 13.6. The Labute approximate surface area is 116 Å². The average Bonchev–Trinajstić information content (AvgIpc) is 2.77. The van der Waals surface area contributed by atoms with Gasteiger partial charge in [-0.15, -0.1) is 10.2 Å². The predicted molar refractivity (Wildman–Crippen MR) is 63.0 cm³/mol. The van der Waals surface area contributed by atoms with Gasteiger partial charge in [0.05, 0.1) is 5.56 Å². The highest BCUT2D eigenvalue weighted by atomic mass is 79.9. The van der Waals surface area contributed by atoms with E-state index in [1.54, 1.807) is 0 Å². The molecular weight excluding hydrogens is 383 g/mol. The maximum atomic E-state index is 13.6. The van der Waals surface area contributed by atoms with Crippen LogP contribution in [0.5, 0.6) is 0 Å². The SMILES string of the molecule is Fc1cc(-c2nnc(C(F)F)o2)cnc1C(Br)Br. The summed E-state index contributed by atoms with van der Waals surface area (Å²) in [5, 5.41) is 6.54. The van der Waals surface area contributed by atoms with Gasteiger partial charge in [-0.2, -0.15) is 8.78 Å². The fourth-order valence-electron chi connectivity index (χ4n) is 1.17. The summed E-state index contributed by atoms with van der Waals surface area (Å²) < 4.78 is 42.3. The fourth-order valence-corrected chi connectivity index (χ4v) is 1.84. The van der Waals surface area contributed by atoms with E-state index in [2.05, 4.69) is 51.5 Å². The standard InChI is InChI=1S/C9H4Br2F3N3O/c10-6(11)5-4(12)1-3(2-15-5)8-16-17-9(18-8)7(13)14/h1-2,6-7H. The lowest BCUT2D eigenvalue weighted by Crippen LogP contribution is -1.94. The second-order valence-corrected chi connectivity index (χ2v) is 6.20. The minimum absolute atomic E-state index is 0.132. The molecule has 0 aliphatic rings. The number of aromatic nitrogens is 3. The van der Waals surface area contributed by atoms with E-state index in [-0.39, 0.29) is 17.1 Å². The van der Waals surface area contributed by atoms with Crippen molar-refractivity contribution in [1.82, 2.24) is 15.2 Å². The van der Waals surface area contributed by atoms with Gasteiger partial charge in [0.25, 0.3) is 5.89 Å². The maximum Gasteiger partial charge on any atom is 0.314 e. The first-order chi connectivity index (χ1) is 8.49. The van der Waals surface area contributed by atoms with Gasteiger partial charge in [-0.25, -0.2) is 4.39 Å². The summed E-state index contributed by atoms with van der Waals surface area (Å²) in [6, 6.07) is 1.08. The molecule has 2 rings (SSSR count). The molecule has 0 bridgehead atoms. The van der Waals surface area contributed by atoms with Gasteiger partial charge in [0.15, 0.2) is 0 Å². The summed E-state index contributed by atoms with van der Waals surface area (Å²) in [6.45, 7) is 0. The first kappa shape index (κ1) is 13.5. The number of rotatable bonds is 3. The molecule has 0 spiro atoms. The quantitative estimate of drug-likeness (QED) is 0.748. The molecule has 0 aliphatic heterocycles. The van der Waals surface area contributed by atoms with Crippen LogP contribution in [0.15, 0.2) is 16.7 Å². The van der Waals surface area contributed by atoms with Crippen LogP contribution in [-0.4, -0.2) is 15.2 Å².